The number of aromatic amines is 1. The Balaban J connectivity index is 2.14. The van der Waals surface area contributed by atoms with E-state index < -0.39 is 6.04 Å². The fraction of sp³-hybridized carbons (Fsp3) is 0.667. The van der Waals surface area contributed by atoms with Crippen molar-refractivity contribution < 1.29 is 14.3 Å². The number of carbonyl (C=O) groups is 2. The van der Waals surface area contributed by atoms with E-state index in [1.807, 2.05) is 13.8 Å². The zero-order valence-electron chi connectivity index (χ0n) is 11.8. The van der Waals surface area contributed by atoms with Gasteiger partial charge in [-0.1, -0.05) is 0 Å². The molecular formula is C12H19N5O3. The average Bonchev–Trinajstić information content (AvgIpc) is 2.84. The van der Waals surface area contributed by atoms with Crippen LogP contribution in [0.25, 0.3) is 0 Å². The number of hydrogen-bond acceptors (Lipinski definition) is 5. The molecule has 2 N–H and O–H groups in total. The van der Waals surface area contributed by atoms with Crippen molar-refractivity contribution in [2.75, 3.05) is 19.8 Å². The van der Waals surface area contributed by atoms with Gasteiger partial charge in [-0.2, -0.15) is 0 Å². The molecule has 1 aromatic rings. The molecule has 1 saturated heterocycles. The SMILES string of the molecule is Cc1nc(C(=O)N2CCOCC2C(=O)NC(C)C)n[nH]1. The molecule has 1 unspecified atom stereocenters. The van der Waals surface area contributed by atoms with Crippen molar-refractivity contribution in [1.29, 1.82) is 0 Å². The van der Waals surface area contributed by atoms with Gasteiger partial charge in [0.2, 0.25) is 11.7 Å². The minimum Gasteiger partial charge on any atom is -0.377 e. The molecule has 1 fully saturated rings. The van der Waals surface area contributed by atoms with Crippen LogP contribution in [0.4, 0.5) is 0 Å². The summed E-state index contributed by atoms with van der Waals surface area (Å²) in [4.78, 5) is 30.0. The van der Waals surface area contributed by atoms with Gasteiger partial charge < -0.3 is 15.0 Å². The number of aryl methyl sites for hydroxylation is 1. The van der Waals surface area contributed by atoms with Crippen LogP contribution in [-0.4, -0.2) is 63.7 Å². The highest BCUT2D eigenvalue weighted by Gasteiger charge is 2.35. The first-order valence-electron chi connectivity index (χ1n) is 6.57. The molecule has 1 aromatic heterocycles. The number of hydrogen-bond donors (Lipinski definition) is 2. The van der Waals surface area contributed by atoms with Gasteiger partial charge in [0.1, 0.15) is 11.9 Å². The van der Waals surface area contributed by atoms with Gasteiger partial charge >= 0.3 is 0 Å². The highest BCUT2D eigenvalue weighted by atomic mass is 16.5. The predicted molar refractivity (Wildman–Crippen MR) is 70.0 cm³/mol. The maximum absolute atomic E-state index is 12.4. The summed E-state index contributed by atoms with van der Waals surface area (Å²) in [5.74, 6) is 0.0541. The lowest BCUT2D eigenvalue weighted by molar-refractivity contribution is -0.131. The number of aromatic nitrogens is 3. The number of carbonyl (C=O) groups excluding carboxylic acids is 2. The van der Waals surface area contributed by atoms with E-state index in [-0.39, 0.29) is 30.3 Å². The van der Waals surface area contributed by atoms with E-state index >= 15 is 0 Å². The standard InChI is InChI=1S/C12H19N5O3/c1-7(2)13-11(18)9-6-20-5-4-17(9)12(19)10-14-8(3)15-16-10/h7,9H,4-6H2,1-3H3,(H,13,18)(H,14,15,16). The monoisotopic (exact) mass is 281 g/mol. The molecule has 0 bridgehead atoms. The maximum atomic E-state index is 12.4. The molecule has 1 atom stereocenters. The summed E-state index contributed by atoms with van der Waals surface area (Å²) >= 11 is 0. The number of nitrogens with zero attached hydrogens (tertiary/aromatic N) is 3. The van der Waals surface area contributed by atoms with Crippen molar-refractivity contribution in [3.63, 3.8) is 0 Å². The Hall–Kier alpha value is -1.96. The van der Waals surface area contributed by atoms with Gasteiger partial charge in [-0.15, -0.1) is 5.10 Å². The number of amides is 2. The van der Waals surface area contributed by atoms with Crippen LogP contribution in [-0.2, 0) is 9.53 Å². The molecule has 0 saturated carbocycles. The van der Waals surface area contributed by atoms with Crippen LogP contribution in [0.5, 0.6) is 0 Å². The smallest absolute Gasteiger partial charge is 0.294 e. The van der Waals surface area contributed by atoms with Gasteiger partial charge in [-0.05, 0) is 20.8 Å². The number of rotatable bonds is 3. The summed E-state index contributed by atoms with van der Waals surface area (Å²) in [6, 6.07) is -0.635. The van der Waals surface area contributed by atoms with Crippen molar-refractivity contribution in [2.24, 2.45) is 0 Å². The van der Waals surface area contributed by atoms with Gasteiger partial charge in [0, 0.05) is 12.6 Å². The molecule has 2 rings (SSSR count). The summed E-state index contributed by atoms with van der Waals surface area (Å²) in [6.45, 7) is 6.39. The molecule has 0 aromatic carbocycles. The Morgan fingerprint density at radius 1 is 1.50 bits per heavy atom. The molecule has 0 spiro atoms. The molecule has 8 nitrogen and oxygen atoms in total. The quantitative estimate of drug-likeness (QED) is 0.776. The van der Waals surface area contributed by atoms with Crippen molar-refractivity contribution in [3.8, 4) is 0 Å². The van der Waals surface area contributed by atoms with Crippen molar-refractivity contribution >= 4 is 11.8 Å². The second-order valence-electron chi connectivity index (χ2n) is 5.00. The Kier molecular flexibility index (Phi) is 4.33. The van der Waals surface area contributed by atoms with Crippen LogP contribution in [0.3, 0.4) is 0 Å². The second-order valence-corrected chi connectivity index (χ2v) is 5.00. The largest absolute Gasteiger partial charge is 0.377 e. The average molecular weight is 281 g/mol. The third kappa shape index (κ3) is 3.13. The summed E-state index contributed by atoms with van der Waals surface area (Å²) < 4.78 is 5.30. The summed E-state index contributed by atoms with van der Waals surface area (Å²) in [6.07, 6.45) is 0. The van der Waals surface area contributed by atoms with Crippen LogP contribution in [0.1, 0.15) is 30.3 Å². The van der Waals surface area contributed by atoms with E-state index in [9.17, 15) is 9.59 Å². The lowest BCUT2D eigenvalue weighted by Gasteiger charge is -2.34. The van der Waals surface area contributed by atoms with Crippen LogP contribution in [0, 0.1) is 6.92 Å². The lowest BCUT2D eigenvalue weighted by Crippen LogP contribution is -2.56. The van der Waals surface area contributed by atoms with Gasteiger partial charge in [-0.3, -0.25) is 14.7 Å². The highest BCUT2D eigenvalue weighted by Crippen LogP contribution is 2.11. The predicted octanol–water partition coefficient (Wildman–Crippen LogP) is -0.521. The number of nitrogens with one attached hydrogen (secondary N) is 2. The van der Waals surface area contributed by atoms with E-state index in [1.54, 1.807) is 6.92 Å². The highest BCUT2D eigenvalue weighted by molar-refractivity contribution is 5.95. The number of ether oxygens (including phenoxy) is 1. The molecule has 110 valence electrons. The number of H-pyrrole nitrogens is 1. The first-order valence-corrected chi connectivity index (χ1v) is 6.57. The van der Waals surface area contributed by atoms with E-state index in [1.165, 1.54) is 4.90 Å². The molecule has 0 aliphatic carbocycles. The van der Waals surface area contributed by atoms with Gasteiger partial charge in [-0.25, -0.2) is 4.98 Å². The zero-order valence-corrected chi connectivity index (χ0v) is 11.8. The summed E-state index contributed by atoms with van der Waals surface area (Å²) in [7, 11) is 0. The van der Waals surface area contributed by atoms with Crippen LogP contribution < -0.4 is 5.32 Å². The second kappa shape index (κ2) is 6.00. The zero-order chi connectivity index (χ0) is 14.7. The molecule has 2 amide bonds. The molecular weight excluding hydrogens is 262 g/mol. The Bertz CT molecular complexity index is 499. The molecule has 0 radical (unpaired) electrons. The minimum atomic E-state index is -0.641. The van der Waals surface area contributed by atoms with E-state index in [2.05, 4.69) is 20.5 Å². The van der Waals surface area contributed by atoms with Gasteiger partial charge in [0.05, 0.1) is 13.2 Å². The molecule has 8 heteroatoms. The van der Waals surface area contributed by atoms with Gasteiger partial charge in [0.25, 0.3) is 5.91 Å². The number of morpholine rings is 1. The van der Waals surface area contributed by atoms with Crippen LogP contribution >= 0.6 is 0 Å². The van der Waals surface area contributed by atoms with Crippen LogP contribution in [0.2, 0.25) is 0 Å². The van der Waals surface area contributed by atoms with Crippen molar-refractivity contribution in [2.45, 2.75) is 32.9 Å². The topological polar surface area (TPSA) is 100 Å². The fourth-order valence-corrected chi connectivity index (χ4v) is 2.01. The minimum absolute atomic E-state index is 0.00660. The first kappa shape index (κ1) is 14.4. The van der Waals surface area contributed by atoms with Crippen molar-refractivity contribution in [1.82, 2.24) is 25.4 Å². The van der Waals surface area contributed by atoms with E-state index in [0.29, 0.717) is 19.0 Å². The first-order chi connectivity index (χ1) is 9.49. The Labute approximate surface area is 116 Å². The van der Waals surface area contributed by atoms with Crippen molar-refractivity contribution in [3.05, 3.63) is 11.6 Å². The third-order valence-corrected chi connectivity index (χ3v) is 2.91. The molecule has 1 aliphatic heterocycles. The Morgan fingerprint density at radius 3 is 2.85 bits per heavy atom. The summed E-state index contributed by atoms with van der Waals surface area (Å²) in [5, 5.41) is 9.26. The van der Waals surface area contributed by atoms with Crippen LogP contribution in [0.15, 0.2) is 0 Å². The lowest BCUT2D eigenvalue weighted by atomic mass is 10.2. The van der Waals surface area contributed by atoms with E-state index in [0.717, 1.165) is 0 Å². The fourth-order valence-electron chi connectivity index (χ4n) is 2.01. The molecule has 1 aliphatic rings. The molecule has 2 heterocycles. The molecule has 20 heavy (non-hydrogen) atoms. The maximum Gasteiger partial charge on any atom is 0.294 e. The Morgan fingerprint density at radius 2 is 2.25 bits per heavy atom. The normalized spacial score (nSPS) is 19.2. The van der Waals surface area contributed by atoms with Gasteiger partial charge in [0.15, 0.2) is 0 Å². The summed E-state index contributed by atoms with van der Waals surface area (Å²) in [5.41, 5.74) is 0. The van der Waals surface area contributed by atoms with E-state index in [4.69, 9.17) is 4.74 Å². The third-order valence-electron chi connectivity index (χ3n) is 2.91.